The third-order valence-corrected chi connectivity index (χ3v) is 3.76. The van der Waals surface area contributed by atoms with Gasteiger partial charge in [0.1, 0.15) is 10.3 Å². The van der Waals surface area contributed by atoms with Gasteiger partial charge in [-0.1, -0.05) is 18.2 Å². The minimum atomic E-state index is -0.275. The van der Waals surface area contributed by atoms with Gasteiger partial charge in [0.2, 0.25) is 0 Å². The van der Waals surface area contributed by atoms with E-state index in [1.165, 1.54) is 12.4 Å². The van der Waals surface area contributed by atoms with Gasteiger partial charge in [-0.15, -0.1) is 0 Å². The number of hydrogen-bond donors (Lipinski definition) is 1. The van der Waals surface area contributed by atoms with E-state index in [0.717, 1.165) is 0 Å². The summed E-state index contributed by atoms with van der Waals surface area (Å²) in [5, 5.41) is 0. The zero-order valence-corrected chi connectivity index (χ0v) is 12.1. The highest BCUT2D eigenvalue weighted by atomic mass is 79.9. The molecule has 0 radical (unpaired) electrons. The van der Waals surface area contributed by atoms with E-state index in [-0.39, 0.29) is 17.4 Å². The van der Waals surface area contributed by atoms with Crippen molar-refractivity contribution in [3.8, 4) is 0 Å². The first kappa shape index (κ1) is 13.7. The molecule has 0 fully saturated rings. The third kappa shape index (κ3) is 2.68. The van der Waals surface area contributed by atoms with Gasteiger partial charge in [0.25, 0.3) is 5.56 Å². The standard InChI is InChI=1S/C13H13BrFN3O/c1-8(9-5-3-4-6-10(9)15)18(2)12-11(14)13(19)17-7-16-12/h3-8H,1-2H3,(H,16,17,19). The van der Waals surface area contributed by atoms with E-state index in [1.54, 1.807) is 30.1 Å². The van der Waals surface area contributed by atoms with Gasteiger partial charge < -0.3 is 9.88 Å². The molecule has 4 nitrogen and oxygen atoms in total. The number of H-pyrrole nitrogens is 1. The quantitative estimate of drug-likeness (QED) is 0.944. The molecule has 2 rings (SSSR count). The lowest BCUT2D eigenvalue weighted by molar-refractivity contribution is 0.583. The Bertz CT molecular complexity index is 644. The molecule has 0 amide bonds. The molecule has 1 atom stereocenters. The molecule has 0 saturated carbocycles. The fourth-order valence-electron chi connectivity index (χ4n) is 1.83. The number of benzene rings is 1. The molecule has 1 N–H and O–H groups in total. The van der Waals surface area contributed by atoms with Crippen molar-refractivity contribution in [2.45, 2.75) is 13.0 Å². The van der Waals surface area contributed by atoms with Gasteiger partial charge in [0.15, 0.2) is 5.82 Å². The third-order valence-electron chi connectivity index (χ3n) is 3.05. The van der Waals surface area contributed by atoms with Gasteiger partial charge in [0, 0.05) is 12.6 Å². The Kier molecular flexibility index (Phi) is 3.99. The van der Waals surface area contributed by atoms with Gasteiger partial charge in [-0.2, -0.15) is 0 Å². The average Bonchev–Trinajstić information content (AvgIpc) is 2.41. The van der Waals surface area contributed by atoms with Crippen LogP contribution in [-0.4, -0.2) is 17.0 Å². The SMILES string of the molecule is CC(c1ccccc1F)N(C)c1nc[nH]c(=O)c1Br. The van der Waals surface area contributed by atoms with Crippen molar-refractivity contribution in [3.63, 3.8) is 0 Å². The van der Waals surface area contributed by atoms with Crippen molar-refractivity contribution in [3.05, 3.63) is 56.8 Å². The molecular formula is C13H13BrFN3O. The molecule has 0 bridgehead atoms. The summed E-state index contributed by atoms with van der Waals surface area (Å²) in [6.45, 7) is 1.85. The van der Waals surface area contributed by atoms with Crippen molar-refractivity contribution in [2.24, 2.45) is 0 Å². The predicted octanol–water partition coefficient (Wildman–Crippen LogP) is 2.87. The Morgan fingerprint density at radius 2 is 2.11 bits per heavy atom. The van der Waals surface area contributed by atoms with E-state index < -0.39 is 0 Å². The molecular weight excluding hydrogens is 313 g/mol. The summed E-state index contributed by atoms with van der Waals surface area (Å²) in [4.78, 5) is 19.9. The van der Waals surface area contributed by atoms with E-state index in [0.29, 0.717) is 15.9 Å². The molecule has 1 aromatic carbocycles. The zero-order valence-electron chi connectivity index (χ0n) is 10.5. The normalized spacial score (nSPS) is 12.2. The molecule has 0 aliphatic heterocycles. The van der Waals surface area contributed by atoms with Crippen LogP contribution in [0.1, 0.15) is 18.5 Å². The Labute approximate surface area is 118 Å². The van der Waals surface area contributed by atoms with E-state index in [4.69, 9.17) is 0 Å². The molecule has 1 aromatic heterocycles. The molecule has 0 saturated heterocycles. The highest BCUT2D eigenvalue weighted by Gasteiger charge is 2.19. The number of anilines is 1. The molecule has 19 heavy (non-hydrogen) atoms. The molecule has 100 valence electrons. The molecule has 2 aromatic rings. The molecule has 6 heteroatoms. The van der Waals surface area contributed by atoms with Crippen LogP contribution in [0.5, 0.6) is 0 Å². The van der Waals surface area contributed by atoms with Crippen molar-refractivity contribution in [1.29, 1.82) is 0 Å². The van der Waals surface area contributed by atoms with Crippen LogP contribution in [0.2, 0.25) is 0 Å². The van der Waals surface area contributed by atoms with E-state index in [1.807, 2.05) is 6.92 Å². The van der Waals surface area contributed by atoms with Gasteiger partial charge >= 0.3 is 0 Å². The Morgan fingerprint density at radius 1 is 1.42 bits per heavy atom. The minimum absolute atomic E-state index is 0.244. The highest BCUT2D eigenvalue weighted by molar-refractivity contribution is 9.10. The lowest BCUT2D eigenvalue weighted by Gasteiger charge is -2.27. The summed E-state index contributed by atoms with van der Waals surface area (Å²) in [6.07, 6.45) is 1.33. The van der Waals surface area contributed by atoms with Crippen LogP contribution in [0.3, 0.4) is 0 Å². The summed E-state index contributed by atoms with van der Waals surface area (Å²) in [6, 6.07) is 6.32. The summed E-state index contributed by atoms with van der Waals surface area (Å²) < 4.78 is 14.1. The van der Waals surface area contributed by atoms with Crippen LogP contribution in [0.4, 0.5) is 10.2 Å². The first-order valence-corrected chi connectivity index (χ1v) is 6.52. The van der Waals surface area contributed by atoms with Crippen LogP contribution in [0, 0.1) is 5.82 Å². The number of nitrogens with zero attached hydrogens (tertiary/aromatic N) is 2. The molecule has 0 aliphatic carbocycles. The van der Waals surface area contributed by atoms with Gasteiger partial charge in [-0.3, -0.25) is 4.79 Å². The van der Waals surface area contributed by atoms with Crippen LogP contribution in [0.25, 0.3) is 0 Å². The van der Waals surface area contributed by atoms with Crippen LogP contribution in [0.15, 0.2) is 39.9 Å². The monoisotopic (exact) mass is 325 g/mol. The summed E-state index contributed by atoms with van der Waals surface area (Å²) >= 11 is 3.20. The van der Waals surface area contributed by atoms with E-state index in [9.17, 15) is 9.18 Å². The zero-order chi connectivity index (χ0) is 14.0. The number of rotatable bonds is 3. The Hall–Kier alpha value is -1.69. The van der Waals surface area contributed by atoms with Crippen molar-refractivity contribution >= 4 is 21.7 Å². The number of hydrogen-bond acceptors (Lipinski definition) is 3. The summed E-state index contributed by atoms with van der Waals surface area (Å²) in [5.41, 5.74) is 0.288. The smallest absolute Gasteiger partial charge is 0.267 e. The largest absolute Gasteiger partial charge is 0.352 e. The lowest BCUT2D eigenvalue weighted by Crippen LogP contribution is -2.26. The summed E-state index contributed by atoms with van der Waals surface area (Å²) in [7, 11) is 1.77. The molecule has 0 aliphatic rings. The van der Waals surface area contributed by atoms with Crippen molar-refractivity contribution in [2.75, 3.05) is 11.9 Å². The van der Waals surface area contributed by atoms with Crippen LogP contribution in [-0.2, 0) is 0 Å². The number of halogens is 2. The molecule has 0 spiro atoms. The first-order chi connectivity index (χ1) is 9.02. The van der Waals surface area contributed by atoms with Crippen molar-refractivity contribution in [1.82, 2.24) is 9.97 Å². The van der Waals surface area contributed by atoms with Gasteiger partial charge in [0.05, 0.1) is 12.4 Å². The molecule has 1 heterocycles. The van der Waals surface area contributed by atoms with Crippen LogP contribution >= 0.6 is 15.9 Å². The number of nitrogens with one attached hydrogen (secondary N) is 1. The maximum atomic E-state index is 13.8. The number of aromatic nitrogens is 2. The second kappa shape index (κ2) is 5.52. The van der Waals surface area contributed by atoms with E-state index in [2.05, 4.69) is 25.9 Å². The van der Waals surface area contributed by atoms with Gasteiger partial charge in [-0.25, -0.2) is 9.37 Å². The topological polar surface area (TPSA) is 49.0 Å². The fourth-order valence-corrected chi connectivity index (χ4v) is 2.32. The maximum absolute atomic E-state index is 13.8. The second-order valence-electron chi connectivity index (χ2n) is 4.18. The summed E-state index contributed by atoms with van der Waals surface area (Å²) in [5.74, 6) is 0.197. The van der Waals surface area contributed by atoms with Gasteiger partial charge in [-0.05, 0) is 28.9 Å². The number of aromatic amines is 1. The maximum Gasteiger partial charge on any atom is 0.267 e. The Morgan fingerprint density at radius 3 is 2.79 bits per heavy atom. The molecule has 1 unspecified atom stereocenters. The predicted molar refractivity (Wildman–Crippen MR) is 75.8 cm³/mol. The Balaban J connectivity index is 2.39. The highest BCUT2D eigenvalue weighted by Crippen LogP contribution is 2.28. The average molecular weight is 326 g/mol. The van der Waals surface area contributed by atoms with Crippen LogP contribution < -0.4 is 10.5 Å². The first-order valence-electron chi connectivity index (χ1n) is 5.72. The lowest BCUT2D eigenvalue weighted by atomic mass is 10.1. The van der Waals surface area contributed by atoms with Crippen molar-refractivity contribution < 1.29 is 4.39 Å². The minimum Gasteiger partial charge on any atom is -0.352 e. The van der Waals surface area contributed by atoms with E-state index >= 15 is 0 Å². The second-order valence-corrected chi connectivity index (χ2v) is 4.97. The fraction of sp³-hybridized carbons (Fsp3) is 0.231.